The van der Waals surface area contributed by atoms with Crippen molar-refractivity contribution in [1.82, 2.24) is 15.3 Å². The maximum absolute atomic E-state index is 5.69. The molecule has 1 N–H and O–H groups in total. The van der Waals surface area contributed by atoms with Gasteiger partial charge in [0.15, 0.2) is 5.82 Å². The van der Waals surface area contributed by atoms with Crippen LogP contribution in [0.25, 0.3) is 75.3 Å². The van der Waals surface area contributed by atoms with Crippen molar-refractivity contribution in [1.29, 1.82) is 0 Å². The van der Waals surface area contributed by atoms with Crippen LogP contribution in [-0.2, 0) is 6.42 Å². The summed E-state index contributed by atoms with van der Waals surface area (Å²) < 4.78 is 2.41. The number of benzene rings is 8. The highest BCUT2D eigenvalue weighted by atomic mass is 32.1. The zero-order valence-electron chi connectivity index (χ0n) is 37.7. The number of fused-ring (bicyclic) bond motifs is 9. The standard InChI is InChI=1S/C61H50N4S/c1-5-40-24-19-30-46(56(40)45-34-32-43(36-38(45)3)57-59-58(52-29-17-18-31-55(52)66-59)65-60(64-57)42-22-11-8-12-23-42)39(4)62-61(63-54(6-2)41-20-9-7-10-21-41)44-33-35-51-49-27-14-13-25-47(49)48-26-15-16-28-50(48)53(51)37-44/h6-35,37,39,43H,5,36H2,1-4H3,(H,62,63)/b54-6+. The van der Waals surface area contributed by atoms with Gasteiger partial charge in [-0.05, 0) is 106 Å². The quantitative estimate of drug-likeness (QED) is 0.0893. The summed E-state index contributed by atoms with van der Waals surface area (Å²) >= 11 is 1.81. The van der Waals surface area contributed by atoms with Crippen LogP contribution in [0.1, 0.15) is 79.6 Å². The van der Waals surface area contributed by atoms with E-state index in [0.29, 0.717) is 0 Å². The number of allylic oxidation sites excluding steroid dienone is 5. The minimum absolute atomic E-state index is 0.108. The molecule has 0 bridgehead atoms. The highest BCUT2D eigenvalue weighted by Crippen LogP contribution is 2.44. The first-order valence-electron chi connectivity index (χ1n) is 23.1. The fourth-order valence-electron chi connectivity index (χ4n) is 10.1. The molecular formula is C61H50N4S. The van der Waals surface area contributed by atoms with E-state index in [1.165, 1.54) is 74.9 Å². The normalized spacial score (nSPS) is 15.1. The van der Waals surface area contributed by atoms with Crippen molar-refractivity contribution >= 4 is 81.1 Å². The van der Waals surface area contributed by atoms with Gasteiger partial charge < -0.3 is 5.32 Å². The van der Waals surface area contributed by atoms with Crippen molar-refractivity contribution in [3.05, 3.63) is 227 Å². The molecule has 11 rings (SSSR count). The molecule has 5 heteroatoms. The van der Waals surface area contributed by atoms with Gasteiger partial charge in [-0.2, -0.15) is 0 Å². The lowest BCUT2D eigenvalue weighted by Crippen LogP contribution is -2.24. The van der Waals surface area contributed by atoms with Gasteiger partial charge in [0.25, 0.3) is 0 Å². The highest BCUT2D eigenvalue weighted by molar-refractivity contribution is 7.25. The molecule has 10 aromatic rings. The summed E-state index contributed by atoms with van der Waals surface area (Å²) in [6.45, 7) is 8.91. The Morgan fingerprint density at radius 2 is 1.33 bits per heavy atom. The largest absolute Gasteiger partial charge is 0.340 e. The first kappa shape index (κ1) is 41.2. The van der Waals surface area contributed by atoms with Crippen LogP contribution < -0.4 is 5.32 Å². The van der Waals surface area contributed by atoms with Gasteiger partial charge in [-0.1, -0.05) is 188 Å². The molecule has 0 fully saturated rings. The summed E-state index contributed by atoms with van der Waals surface area (Å²) in [5.41, 5.74) is 12.8. The maximum atomic E-state index is 5.69. The predicted octanol–water partition coefficient (Wildman–Crippen LogP) is 16.2. The molecule has 1 aliphatic rings. The lowest BCUT2D eigenvalue weighted by Gasteiger charge is -2.25. The van der Waals surface area contributed by atoms with Gasteiger partial charge in [0.2, 0.25) is 0 Å². The lowest BCUT2D eigenvalue weighted by atomic mass is 9.81. The summed E-state index contributed by atoms with van der Waals surface area (Å²) in [7, 11) is 0. The molecule has 0 spiro atoms. The number of aryl methyl sites for hydroxylation is 1. The van der Waals surface area contributed by atoms with E-state index in [4.69, 9.17) is 15.0 Å². The third kappa shape index (κ3) is 7.40. The molecule has 1 aliphatic carbocycles. The van der Waals surface area contributed by atoms with Crippen LogP contribution >= 0.6 is 11.3 Å². The minimum atomic E-state index is -0.174. The molecule has 2 heterocycles. The van der Waals surface area contributed by atoms with Gasteiger partial charge >= 0.3 is 0 Å². The van der Waals surface area contributed by atoms with E-state index in [9.17, 15) is 0 Å². The second-order valence-electron chi connectivity index (χ2n) is 17.4. The fourth-order valence-corrected chi connectivity index (χ4v) is 11.3. The topological polar surface area (TPSA) is 50.2 Å². The second kappa shape index (κ2) is 17.5. The van der Waals surface area contributed by atoms with E-state index in [2.05, 4.69) is 215 Å². The predicted molar refractivity (Wildman–Crippen MR) is 282 cm³/mol. The molecule has 0 radical (unpaired) electrons. The number of amidine groups is 1. The average Bonchev–Trinajstić information content (AvgIpc) is 3.76. The van der Waals surface area contributed by atoms with Crippen molar-refractivity contribution in [2.45, 2.75) is 52.5 Å². The Morgan fingerprint density at radius 1 is 0.697 bits per heavy atom. The minimum Gasteiger partial charge on any atom is -0.340 e. The van der Waals surface area contributed by atoms with Crippen molar-refractivity contribution in [3.8, 4) is 11.4 Å². The number of thiophene rings is 1. The Balaban J connectivity index is 1.02. The van der Waals surface area contributed by atoms with Crippen molar-refractivity contribution in [2.75, 3.05) is 0 Å². The van der Waals surface area contributed by atoms with Gasteiger partial charge in [-0.3, -0.25) is 4.99 Å². The molecule has 4 nitrogen and oxygen atoms in total. The van der Waals surface area contributed by atoms with Crippen LogP contribution in [0, 0.1) is 0 Å². The molecule has 320 valence electrons. The number of hydrogen-bond donors (Lipinski definition) is 1. The SMILES string of the molecule is C/C=C(/NC(=NC(C)c1cccc(CC)c1C1=C(C)CC(c2nc(-c3ccccc3)nc3c2sc2ccccc23)C=C1)c1ccc2c3ccccc3c3ccccc3c2c1)c1ccccc1. The Bertz CT molecular complexity index is 3580. The van der Waals surface area contributed by atoms with E-state index in [1.807, 2.05) is 6.07 Å². The van der Waals surface area contributed by atoms with Crippen LogP contribution in [0.5, 0.6) is 0 Å². The Hall–Kier alpha value is -7.47. The Kier molecular flexibility index (Phi) is 10.9. The summed E-state index contributed by atoms with van der Waals surface area (Å²) in [5.74, 6) is 1.72. The second-order valence-corrected chi connectivity index (χ2v) is 18.4. The van der Waals surface area contributed by atoms with Crippen molar-refractivity contribution in [2.24, 2.45) is 4.99 Å². The molecule has 0 aliphatic heterocycles. The summed E-state index contributed by atoms with van der Waals surface area (Å²) in [5, 5.41) is 12.5. The van der Waals surface area contributed by atoms with Gasteiger partial charge in [0, 0.05) is 32.8 Å². The van der Waals surface area contributed by atoms with Crippen molar-refractivity contribution < 1.29 is 0 Å². The van der Waals surface area contributed by atoms with Gasteiger partial charge in [-0.25, -0.2) is 9.97 Å². The lowest BCUT2D eigenvalue weighted by molar-refractivity contribution is 0.788. The van der Waals surface area contributed by atoms with Crippen LogP contribution in [-0.4, -0.2) is 15.8 Å². The number of aromatic nitrogens is 2. The molecular weight excluding hydrogens is 821 g/mol. The van der Waals surface area contributed by atoms with E-state index >= 15 is 0 Å². The van der Waals surface area contributed by atoms with Crippen LogP contribution in [0.2, 0.25) is 0 Å². The zero-order valence-corrected chi connectivity index (χ0v) is 38.5. The highest BCUT2D eigenvalue weighted by Gasteiger charge is 2.26. The smallest absolute Gasteiger partial charge is 0.160 e. The molecule has 8 aromatic carbocycles. The maximum Gasteiger partial charge on any atom is 0.160 e. The summed E-state index contributed by atoms with van der Waals surface area (Å²) in [6.07, 6.45) is 8.68. The molecule has 2 aromatic heterocycles. The monoisotopic (exact) mass is 870 g/mol. The third-order valence-electron chi connectivity index (χ3n) is 13.4. The number of nitrogens with one attached hydrogen (secondary N) is 1. The first-order chi connectivity index (χ1) is 32.5. The fraction of sp³-hybridized carbons (Fsp3) is 0.131. The van der Waals surface area contributed by atoms with E-state index in [-0.39, 0.29) is 12.0 Å². The number of aliphatic imine (C=N–C) groups is 1. The van der Waals surface area contributed by atoms with Crippen LogP contribution in [0.3, 0.4) is 0 Å². The van der Waals surface area contributed by atoms with Crippen LogP contribution in [0.4, 0.5) is 0 Å². The summed E-state index contributed by atoms with van der Waals surface area (Å²) in [4.78, 5) is 16.2. The van der Waals surface area contributed by atoms with E-state index in [0.717, 1.165) is 58.1 Å². The van der Waals surface area contributed by atoms with Crippen LogP contribution in [0.15, 0.2) is 199 Å². The number of rotatable bonds is 9. The van der Waals surface area contributed by atoms with Gasteiger partial charge in [0.1, 0.15) is 5.84 Å². The molecule has 2 atom stereocenters. The molecule has 0 saturated heterocycles. The number of nitrogens with zero attached hydrogens (tertiary/aromatic N) is 3. The zero-order chi connectivity index (χ0) is 44.7. The Labute approximate surface area is 390 Å². The molecule has 0 saturated carbocycles. The molecule has 2 unspecified atom stereocenters. The summed E-state index contributed by atoms with van der Waals surface area (Å²) in [6, 6.07) is 60.6. The number of hydrogen-bond acceptors (Lipinski definition) is 4. The average molecular weight is 871 g/mol. The first-order valence-corrected chi connectivity index (χ1v) is 23.9. The van der Waals surface area contributed by atoms with Crippen molar-refractivity contribution in [3.63, 3.8) is 0 Å². The van der Waals surface area contributed by atoms with E-state index in [1.54, 1.807) is 11.3 Å². The van der Waals surface area contributed by atoms with Gasteiger partial charge in [0.05, 0.1) is 22.0 Å². The third-order valence-corrected chi connectivity index (χ3v) is 14.5. The molecule has 0 amide bonds. The molecule has 66 heavy (non-hydrogen) atoms. The Morgan fingerprint density at radius 3 is 2.02 bits per heavy atom. The van der Waals surface area contributed by atoms with E-state index < -0.39 is 0 Å². The van der Waals surface area contributed by atoms with Gasteiger partial charge in [-0.15, -0.1) is 11.3 Å².